The minimum atomic E-state index is -2.56. The summed E-state index contributed by atoms with van der Waals surface area (Å²) in [5.41, 5.74) is 0. The van der Waals surface area contributed by atoms with E-state index in [1.165, 1.54) is 16.7 Å². The molecule has 8 heteroatoms. The van der Waals surface area contributed by atoms with Gasteiger partial charge in [-0.15, -0.1) is 11.8 Å². The molecule has 1 heterocycles. The average Bonchev–Trinajstić information content (AvgIpc) is 2.77. The molecule has 0 N–H and O–H groups in total. The van der Waals surface area contributed by atoms with E-state index in [-0.39, 0.29) is 0 Å². The van der Waals surface area contributed by atoms with Gasteiger partial charge in [0.15, 0.2) is 0 Å². The van der Waals surface area contributed by atoms with Crippen LogP contribution in [0.1, 0.15) is 0 Å². The number of halogens is 3. The molecule has 0 bridgehead atoms. The largest absolute Gasteiger partial charge is 0.451 e. The Balaban J connectivity index is 2.40. The van der Waals surface area contributed by atoms with Crippen LogP contribution in [-0.2, 0) is 14.3 Å². The smallest absolute Gasteiger partial charge is 0.397 e. The highest BCUT2D eigenvalue weighted by molar-refractivity contribution is 7.99. The zero-order valence-electron chi connectivity index (χ0n) is 8.04. The van der Waals surface area contributed by atoms with Crippen molar-refractivity contribution in [1.29, 1.82) is 0 Å². The van der Waals surface area contributed by atoms with Crippen molar-refractivity contribution in [2.24, 2.45) is 0 Å². The van der Waals surface area contributed by atoms with Gasteiger partial charge >= 0.3 is 18.0 Å². The fourth-order valence-electron chi connectivity index (χ4n) is 0.949. The average molecular weight is 255 g/mol. The Hall–Kier alpha value is -1.18. The van der Waals surface area contributed by atoms with Gasteiger partial charge in [-0.3, -0.25) is 4.79 Å². The summed E-state index contributed by atoms with van der Waals surface area (Å²) in [4.78, 5) is 23.4. The SMILES string of the molecule is O=C(OCC(F)=C(F)F)C(=O)N1CCSC1. The summed E-state index contributed by atoms with van der Waals surface area (Å²) in [5, 5.41) is 0. The summed E-state index contributed by atoms with van der Waals surface area (Å²) in [6.45, 7) is -0.817. The Labute approximate surface area is 93.4 Å². The molecule has 1 aliphatic rings. The minimum absolute atomic E-state index is 0.351. The summed E-state index contributed by atoms with van der Waals surface area (Å²) in [6, 6.07) is 0. The van der Waals surface area contributed by atoms with Crippen LogP contribution in [-0.4, -0.2) is 41.6 Å². The standard InChI is InChI=1S/C8H8F3NO3S/c9-5(6(10)11)3-15-8(14)7(13)12-1-2-16-4-12/h1-4H2. The Morgan fingerprint density at radius 1 is 1.31 bits per heavy atom. The molecule has 0 aromatic heterocycles. The summed E-state index contributed by atoms with van der Waals surface area (Å²) in [5.74, 6) is -3.05. The molecule has 1 aliphatic heterocycles. The summed E-state index contributed by atoms with van der Waals surface area (Å²) in [6.07, 6.45) is -2.56. The number of amides is 1. The second kappa shape index (κ2) is 5.78. The summed E-state index contributed by atoms with van der Waals surface area (Å²) in [7, 11) is 0. The van der Waals surface area contributed by atoms with Crippen molar-refractivity contribution in [2.45, 2.75) is 0 Å². The number of carbonyl (C=O) groups excluding carboxylic acids is 2. The fourth-order valence-corrected chi connectivity index (χ4v) is 1.89. The van der Waals surface area contributed by atoms with Crippen LogP contribution in [0, 0.1) is 0 Å². The first-order valence-corrected chi connectivity index (χ1v) is 5.41. The molecule has 1 fully saturated rings. The number of nitrogens with zero attached hydrogens (tertiary/aromatic N) is 1. The van der Waals surface area contributed by atoms with Gasteiger partial charge in [-0.25, -0.2) is 9.18 Å². The van der Waals surface area contributed by atoms with Crippen molar-refractivity contribution < 1.29 is 27.5 Å². The third-order valence-corrected chi connectivity index (χ3v) is 2.72. The molecule has 0 radical (unpaired) electrons. The van der Waals surface area contributed by atoms with Crippen molar-refractivity contribution in [3.63, 3.8) is 0 Å². The maximum Gasteiger partial charge on any atom is 0.397 e. The zero-order chi connectivity index (χ0) is 12.1. The first kappa shape index (κ1) is 12.9. The van der Waals surface area contributed by atoms with Crippen LogP contribution in [0.25, 0.3) is 0 Å². The maximum atomic E-state index is 12.2. The molecular formula is C8H8F3NO3S. The highest BCUT2D eigenvalue weighted by Gasteiger charge is 2.26. The van der Waals surface area contributed by atoms with Crippen LogP contribution in [0.15, 0.2) is 11.9 Å². The maximum absolute atomic E-state index is 12.2. The Morgan fingerprint density at radius 3 is 2.50 bits per heavy atom. The van der Waals surface area contributed by atoms with Crippen molar-refractivity contribution in [1.82, 2.24) is 4.90 Å². The van der Waals surface area contributed by atoms with Gasteiger partial charge < -0.3 is 9.64 Å². The predicted molar refractivity (Wildman–Crippen MR) is 50.3 cm³/mol. The van der Waals surface area contributed by atoms with Crippen LogP contribution in [0.2, 0.25) is 0 Å². The van der Waals surface area contributed by atoms with Crippen LogP contribution in [0.5, 0.6) is 0 Å². The van der Waals surface area contributed by atoms with Crippen LogP contribution < -0.4 is 0 Å². The molecule has 0 saturated carbocycles. The molecule has 0 aromatic carbocycles. The van der Waals surface area contributed by atoms with E-state index in [0.717, 1.165) is 0 Å². The minimum Gasteiger partial charge on any atom is -0.451 e. The first-order valence-electron chi connectivity index (χ1n) is 4.25. The molecule has 16 heavy (non-hydrogen) atoms. The number of rotatable bonds is 2. The summed E-state index contributed by atoms with van der Waals surface area (Å²) < 4.78 is 39.5. The van der Waals surface area contributed by atoms with E-state index in [4.69, 9.17) is 0 Å². The molecule has 4 nitrogen and oxygen atoms in total. The molecule has 0 aromatic rings. The van der Waals surface area contributed by atoms with E-state index < -0.39 is 30.4 Å². The van der Waals surface area contributed by atoms with E-state index >= 15 is 0 Å². The number of esters is 1. The van der Waals surface area contributed by atoms with Gasteiger partial charge in [-0.2, -0.15) is 8.78 Å². The molecule has 1 saturated heterocycles. The first-order chi connectivity index (χ1) is 7.52. The van der Waals surface area contributed by atoms with Crippen molar-refractivity contribution in [3.05, 3.63) is 11.9 Å². The van der Waals surface area contributed by atoms with Gasteiger partial charge in [0.1, 0.15) is 6.61 Å². The van der Waals surface area contributed by atoms with Crippen LogP contribution in [0.3, 0.4) is 0 Å². The normalized spacial score (nSPS) is 14.8. The molecule has 90 valence electrons. The van der Waals surface area contributed by atoms with Crippen LogP contribution >= 0.6 is 11.8 Å². The second-order valence-electron chi connectivity index (χ2n) is 2.85. The van der Waals surface area contributed by atoms with E-state index in [1.807, 2.05) is 0 Å². The van der Waals surface area contributed by atoms with Crippen molar-refractivity contribution >= 4 is 23.6 Å². The van der Waals surface area contributed by atoms with Gasteiger partial charge in [0.05, 0.1) is 5.88 Å². The molecular weight excluding hydrogens is 247 g/mol. The highest BCUT2D eigenvalue weighted by atomic mass is 32.2. The van der Waals surface area contributed by atoms with E-state index in [0.29, 0.717) is 18.2 Å². The third-order valence-electron chi connectivity index (χ3n) is 1.75. The molecule has 0 aliphatic carbocycles. The highest BCUT2D eigenvalue weighted by Crippen LogP contribution is 2.14. The quantitative estimate of drug-likeness (QED) is 0.548. The van der Waals surface area contributed by atoms with E-state index in [1.54, 1.807) is 0 Å². The molecule has 1 amide bonds. The van der Waals surface area contributed by atoms with Gasteiger partial charge in [-0.1, -0.05) is 0 Å². The second-order valence-corrected chi connectivity index (χ2v) is 3.92. The van der Waals surface area contributed by atoms with Crippen molar-refractivity contribution in [3.8, 4) is 0 Å². The monoisotopic (exact) mass is 255 g/mol. The van der Waals surface area contributed by atoms with Gasteiger partial charge in [0.25, 0.3) is 0 Å². The Bertz CT molecular complexity index is 324. The number of thioether (sulfide) groups is 1. The van der Waals surface area contributed by atoms with Gasteiger partial charge in [-0.05, 0) is 0 Å². The summed E-state index contributed by atoms with van der Waals surface area (Å²) >= 11 is 1.45. The zero-order valence-corrected chi connectivity index (χ0v) is 8.86. The lowest BCUT2D eigenvalue weighted by Gasteiger charge is -2.12. The van der Waals surface area contributed by atoms with Crippen molar-refractivity contribution in [2.75, 3.05) is 24.8 Å². The van der Waals surface area contributed by atoms with Gasteiger partial charge in [0.2, 0.25) is 5.83 Å². The molecule has 1 rings (SSSR count). The Kier molecular flexibility index (Phi) is 4.66. The number of ether oxygens (including phenoxy) is 1. The molecule has 0 atom stereocenters. The van der Waals surface area contributed by atoms with Crippen LogP contribution in [0.4, 0.5) is 13.2 Å². The lowest BCUT2D eigenvalue weighted by atomic mass is 10.5. The number of hydrogen-bond acceptors (Lipinski definition) is 4. The third kappa shape index (κ3) is 3.44. The van der Waals surface area contributed by atoms with E-state index in [2.05, 4.69) is 4.74 Å². The predicted octanol–water partition coefficient (Wildman–Crippen LogP) is 1.14. The lowest BCUT2D eigenvalue weighted by molar-refractivity contribution is -0.159. The Morgan fingerprint density at radius 2 is 2.00 bits per heavy atom. The topological polar surface area (TPSA) is 46.6 Å². The lowest BCUT2D eigenvalue weighted by Crippen LogP contribution is -2.35. The number of hydrogen-bond donors (Lipinski definition) is 0. The molecule has 0 unspecified atom stereocenters. The fraction of sp³-hybridized carbons (Fsp3) is 0.500. The molecule has 0 spiro atoms. The van der Waals surface area contributed by atoms with E-state index in [9.17, 15) is 22.8 Å². The van der Waals surface area contributed by atoms with Gasteiger partial charge in [0, 0.05) is 12.3 Å². The number of carbonyl (C=O) groups is 2.